The minimum atomic E-state index is -0.375. The Labute approximate surface area is 124 Å². The van der Waals surface area contributed by atoms with Gasteiger partial charge in [-0.15, -0.1) is 0 Å². The van der Waals surface area contributed by atoms with Crippen LogP contribution in [0.4, 0.5) is 10.1 Å². The molecule has 2 rings (SSSR count). The number of nitrogens with one attached hydrogen (secondary N) is 2. The van der Waals surface area contributed by atoms with Crippen molar-refractivity contribution in [3.63, 3.8) is 0 Å². The summed E-state index contributed by atoms with van der Waals surface area (Å²) in [5.41, 5.74) is 2.60. The van der Waals surface area contributed by atoms with Crippen molar-refractivity contribution in [2.45, 2.75) is 19.9 Å². The van der Waals surface area contributed by atoms with Crippen LogP contribution in [0.5, 0.6) is 0 Å². The van der Waals surface area contributed by atoms with Gasteiger partial charge in [-0.05, 0) is 56.3 Å². The number of aryl methyl sites for hydroxylation is 1. The van der Waals surface area contributed by atoms with Crippen LogP contribution in [0.25, 0.3) is 0 Å². The minimum absolute atomic E-state index is 0.193. The highest BCUT2D eigenvalue weighted by atomic mass is 19.1. The molecule has 2 aromatic rings. The van der Waals surface area contributed by atoms with Gasteiger partial charge in [0.05, 0.1) is 0 Å². The molecule has 0 aliphatic carbocycles. The number of carbonyl (C=O) groups excluding carboxylic acids is 1. The first kappa shape index (κ1) is 15.2. The van der Waals surface area contributed by atoms with Crippen LogP contribution in [-0.4, -0.2) is 13.0 Å². The molecule has 2 aromatic carbocycles. The van der Waals surface area contributed by atoms with E-state index in [9.17, 15) is 9.18 Å². The maximum Gasteiger partial charge on any atom is 0.255 e. The Bertz CT molecular complexity index is 655. The van der Waals surface area contributed by atoms with E-state index >= 15 is 0 Å². The van der Waals surface area contributed by atoms with E-state index in [1.165, 1.54) is 6.07 Å². The summed E-state index contributed by atoms with van der Waals surface area (Å²) in [6.45, 7) is 3.70. The fraction of sp³-hybridized carbons (Fsp3) is 0.235. The summed E-state index contributed by atoms with van der Waals surface area (Å²) in [6, 6.07) is 12.3. The van der Waals surface area contributed by atoms with Crippen LogP contribution in [0.2, 0.25) is 0 Å². The van der Waals surface area contributed by atoms with E-state index in [-0.39, 0.29) is 17.8 Å². The zero-order valence-corrected chi connectivity index (χ0v) is 12.4. The van der Waals surface area contributed by atoms with E-state index in [0.29, 0.717) is 16.8 Å². The fourth-order valence-corrected chi connectivity index (χ4v) is 1.99. The zero-order valence-electron chi connectivity index (χ0n) is 12.4. The van der Waals surface area contributed by atoms with Gasteiger partial charge in [0.15, 0.2) is 0 Å². The lowest BCUT2D eigenvalue weighted by atomic mass is 10.1. The van der Waals surface area contributed by atoms with Crippen molar-refractivity contribution in [2.24, 2.45) is 0 Å². The highest BCUT2D eigenvalue weighted by molar-refractivity contribution is 6.04. The summed E-state index contributed by atoms with van der Waals surface area (Å²) in [5.74, 6) is -0.691. The second-order valence-corrected chi connectivity index (χ2v) is 5.05. The highest BCUT2D eigenvalue weighted by Crippen LogP contribution is 2.18. The maximum absolute atomic E-state index is 13.5. The molecule has 0 aliphatic heterocycles. The Morgan fingerprint density at radius 3 is 2.62 bits per heavy atom. The maximum atomic E-state index is 13.5. The van der Waals surface area contributed by atoms with Crippen LogP contribution in [-0.2, 0) is 0 Å². The summed E-state index contributed by atoms with van der Waals surface area (Å²) >= 11 is 0. The topological polar surface area (TPSA) is 41.1 Å². The van der Waals surface area contributed by atoms with Crippen LogP contribution in [0, 0.1) is 12.7 Å². The Morgan fingerprint density at radius 2 is 1.95 bits per heavy atom. The van der Waals surface area contributed by atoms with Crippen molar-refractivity contribution in [1.82, 2.24) is 5.32 Å². The van der Waals surface area contributed by atoms with Gasteiger partial charge in [-0.1, -0.05) is 18.2 Å². The van der Waals surface area contributed by atoms with E-state index in [2.05, 4.69) is 10.6 Å². The van der Waals surface area contributed by atoms with Crippen molar-refractivity contribution in [1.29, 1.82) is 0 Å². The number of rotatable bonds is 4. The molecule has 1 unspecified atom stereocenters. The molecule has 0 aliphatic rings. The zero-order chi connectivity index (χ0) is 15.4. The van der Waals surface area contributed by atoms with Crippen LogP contribution in [0.15, 0.2) is 42.5 Å². The minimum Gasteiger partial charge on any atom is -0.322 e. The second-order valence-electron chi connectivity index (χ2n) is 5.05. The molecule has 0 saturated heterocycles. The van der Waals surface area contributed by atoms with E-state index in [1.54, 1.807) is 19.1 Å². The lowest BCUT2D eigenvalue weighted by molar-refractivity contribution is 0.102. The summed E-state index contributed by atoms with van der Waals surface area (Å²) in [6.07, 6.45) is 0. The van der Waals surface area contributed by atoms with Gasteiger partial charge in [-0.2, -0.15) is 0 Å². The normalized spacial score (nSPS) is 12.0. The first-order chi connectivity index (χ1) is 10.0. The van der Waals surface area contributed by atoms with E-state index in [0.717, 1.165) is 5.56 Å². The van der Waals surface area contributed by atoms with Crippen molar-refractivity contribution < 1.29 is 9.18 Å². The fourth-order valence-electron chi connectivity index (χ4n) is 1.99. The van der Waals surface area contributed by atoms with Crippen molar-refractivity contribution in [3.05, 3.63) is 65.0 Å². The van der Waals surface area contributed by atoms with Gasteiger partial charge in [-0.3, -0.25) is 4.79 Å². The van der Waals surface area contributed by atoms with E-state index < -0.39 is 0 Å². The predicted octanol–water partition coefficient (Wildman–Crippen LogP) is 3.67. The number of benzene rings is 2. The predicted molar refractivity (Wildman–Crippen MR) is 83.0 cm³/mol. The Morgan fingerprint density at radius 1 is 1.19 bits per heavy atom. The van der Waals surface area contributed by atoms with Gasteiger partial charge in [-0.25, -0.2) is 4.39 Å². The van der Waals surface area contributed by atoms with Crippen molar-refractivity contribution in [2.75, 3.05) is 12.4 Å². The molecule has 21 heavy (non-hydrogen) atoms. The monoisotopic (exact) mass is 286 g/mol. The smallest absolute Gasteiger partial charge is 0.255 e. The number of carbonyl (C=O) groups is 1. The number of hydrogen-bond donors (Lipinski definition) is 2. The molecule has 0 radical (unpaired) electrons. The van der Waals surface area contributed by atoms with Crippen molar-refractivity contribution >= 4 is 11.6 Å². The SMILES string of the molecule is CNC(C)c1cccc(NC(=O)c2ccc(C)c(F)c2)c1. The quantitative estimate of drug-likeness (QED) is 0.900. The second kappa shape index (κ2) is 6.50. The molecule has 0 heterocycles. The van der Waals surface area contributed by atoms with Crippen LogP contribution in [0.1, 0.15) is 34.5 Å². The third-order valence-corrected chi connectivity index (χ3v) is 3.51. The number of amides is 1. The lowest BCUT2D eigenvalue weighted by Crippen LogP contribution is -2.14. The molecular weight excluding hydrogens is 267 g/mol. The van der Waals surface area contributed by atoms with Crippen molar-refractivity contribution in [3.8, 4) is 0 Å². The third kappa shape index (κ3) is 3.67. The molecule has 0 fully saturated rings. The molecule has 3 nitrogen and oxygen atoms in total. The number of hydrogen-bond acceptors (Lipinski definition) is 2. The molecule has 0 saturated carbocycles. The molecule has 4 heteroatoms. The summed E-state index contributed by atoms with van der Waals surface area (Å²) in [5, 5.41) is 5.94. The van der Waals surface area contributed by atoms with Crippen LogP contribution < -0.4 is 10.6 Å². The first-order valence-electron chi connectivity index (χ1n) is 6.86. The Kier molecular flexibility index (Phi) is 4.70. The van der Waals surface area contributed by atoms with Gasteiger partial charge in [0.25, 0.3) is 5.91 Å². The summed E-state index contributed by atoms with van der Waals surface area (Å²) < 4.78 is 13.5. The van der Waals surface area contributed by atoms with Crippen LogP contribution in [0.3, 0.4) is 0 Å². The lowest BCUT2D eigenvalue weighted by Gasteiger charge is -2.12. The number of anilines is 1. The third-order valence-electron chi connectivity index (χ3n) is 3.51. The summed E-state index contributed by atoms with van der Waals surface area (Å²) in [4.78, 5) is 12.1. The van der Waals surface area contributed by atoms with Crippen LogP contribution >= 0.6 is 0 Å². The molecule has 0 spiro atoms. The van der Waals surface area contributed by atoms with Gasteiger partial charge >= 0.3 is 0 Å². The van der Waals surface area contributed by atoms with E-state index in [1.807, 2.05) is 38.2 Å². The summed E-state index contributed by atoms with van der Waals surface area (Å²) in [7, 11) is 1.88. The van der Waals surface area contributed by atoms with E-state index in [4.69, 9.17) is 0 Å². The standard InChI is InChI=1S/C17H19FN2O/c1-11-7-8-14(10-16(11)18)17(21)20-15-6-4-5-13(9-15)12(2)19-3/h4-10,12,19H,1-3H3,(H,20,21). The molecule has 1 amide bonds. The molecule has 0 bridgehead atoms. The van der Waals surface area contributed by atoms with Gasteiger partial charge in [0, 0.05) is 17.3 Å². The van der Waals surface area contributed by atoms with Gasteiger partial charge in [0.1, 0.15) is 5.82 Å². The van der Waals surface area contributed by atoms with Gasteiger partial charge in [0.2, 0.25) is 0 Å². The highest BCUT2D eigenvalue weighted by Gasteiger charge is 2.09. The Balaban J connectivity index is 2.17. The molecule has 0 aromatic heterocycles. The molecule has 2 N–H and O–H groups in total. The molecule has 110 valence electrons. The average molecular weight is 286 g/mol. The molecular formula is C17H19FN2O. The largest absolute Gasteiger partial charge is 0.322 e. The molecule has 1 atom stereocenters. The first-order valence-corrected chi connectivity index (χ1v) is 6.86. The number of halogens is 1. The van der Waals surface area contributed by atoms with Gasteiger partial charge < -0.3 is 10.6 Å². The Hall–Kier alpha value is -2.20. The average Bonchev–Trinajstić information content (AvgIpc) is 2.49.